The summed E-state index contributed by atoms with van der Waals surface area (Å²) in [6.07, 6.45) is 2.79. The zero-order valence-corrected chi connectivity index (χ0v) is 14.8. The van der Waals surface area contributed by atoms with Crippen molar-refractivity contribution in [2.75, 3.05) is 20.2 Å². The molecule has 4 nitrogen and oxygen atoms in total. The molecule has 0 spiro atoms. The maximum atomic E-state index is 12.6. The number of ether oxygens (including phenoxy) is 1. The van der Waals surface area contributed by atoms with Crippen LogP contribution in [0.1, 0.15) is 51.6 Å². The van der Waals surface area contributed by atoms with E-state index in [9.17, 15) is 4.79 Å². The third-order valence-electron chi connectivity index (χ3n) is 4.55. The lowest BCUT2D eigenvalue weighted by Gasteiger charge is -2.33. The lowest BCUT2D eigenvalue weighted by atomic mass is 9.81. The van der Waals surface area contributed by atoms with Crippen LogP contribution in [-0.2, 0) is 4.79 Å². The van der Waals surface area contributed by atoms with Crippen molar-refractivity contribution in [1.82, 2.24) is 10.6 Å². The summed E-state index contributed by atoms with van der Waals surface area (Å²) in [5, 5.41) is 6.60. The van der Waals surface area contributed by atoms with Crippen molar-refractivity contribution in [2.24, 2.45) is 11.3 Å². The lowest BCUT2D eigenvalue weighted by Crippen LogP contribution is -2.38. The van der Waals surface area contributed by atoms with Gasteiger partial charge in [0, 0.05) is 12.0 Å². The molecule has 1 heterocycles. The highest BCUT2D eigenvalue weighted by Gasteiger charge is 2.30. The fourth-order valence-electron chi connectivity index (χ4n) is 3.23. The van der Waals surface area contributed by atoms with Gasteiger partial charge in [-0.1, -0.05) is 39.0 Å². The van der Waals surface area contributed by atoms with E-state index in [0.29, 0.717) is 12.3 Å². The fourth-order valence-corrected chi connectivity index (χ4v) is 3.23. The second kappa shape index (κ2) is 7.82. The molecule has 0 unspecified atom stereocenters. The summed E-state index contributed by atoms with van der Waals surface area (Å²) in [6.45, 7) is 8.49. The van der Waals surface area contributed by atoms with Crippen LogP contribution in [0.3, 0.4) is 0 Å². The van der Waals surface area contributed by atoms with Crippen LogP contribution in [0.4, 0.5) is 0 Å². The number of amides is 1. The van der Waals surface area contributed by atoms with E-state index in [1.165, 1.54) is 0 Å². The number of carbonyl (C=O) groups excluding carboxylic acids is 1. The molecule has 1 aliphatic rings. The maximum Gasteiger partial charge on any atom is 0.220 e. The number of benzene rings is 1. The Balaban J connectivity index is 2.11. The van der Waals surface area contributed by atoms with Gasteiger partial charge >= 0.3 is 0 Å². The van der Waals surface area contributed by atoms with E-state index < -0.39 is 0 Å². The van der Waals surface area contributed by atoms with Gasteiger partial charge < -0.3 is 15.4 Å². The average Bonchev–Trinajstić information content (AvgIpc) is 2.52. The Morgan fingerprint density at radius 1 is 1.30 bits per heavy atom. The van der Waals surface area contributed by atoms with Crippen LogP contribution in [0.2, 0.25) is 0 Å². The van der Waals surface area contributed by atoms with Crippen LogP contribution in [-0.4, -0.2) is 26.1 Å². The van der Waals surface area contributed by atoms with Gasteiger partial charge in [-0.2, -0.15) is 0 Å². The van der Waals surface area contributed by atoms with Crippen molar-refractivity contribution in [3.05, 3.63) is 29.8 Å². The third-order valence-corrected chi connectivity index (χ3v) is 4.55. The molecule has 1 atom stereocenters. The molecule has 1 saturated heterocycles. The van der Waals surface area contributed by atoms with Gasteiger partial charge in [0.1, 0.15) is 5.75 Å². The number of carbonyl (C=O) groups is 1. The first-order valence-electron chi connectivity index (χ1n) is 8.55. The van der Waals surface area contributed by atoms with E-state index in [0.717, 1.165) is 37.2 Å². The van der Waals surface area contributed by atoms with Gasteiger partial charge in [-0.05, 0) is 43.3 Å². The number of piperidine rings is 1. The molecule has 0 saturated carbocycles. The minimum absolute atomic E-state index is 0.0622. The zero-order valence-electron chi connectivity index (χ0n) is 14.8. The number of para-hydroxylation sites is 1. The van der Waals surface area contributed by atoms with E-state index in [1.54, 1.807) is 7.11 Å². The molecule has 0 aromatic heterocycles. The SMILES string of the molecule is COc1ccccc1[C@H](NC(=O)CC1CCNCC1)C(C)(C)C. The average molecular weight is 318 g/mol. The molecule has 0 bridgehead atoms. The second-order valence-corrected chi connectivity index (χ2v) is 7.51. The van der Waals surface area contributed by atoms with Gasteiger partial charge in [0.15, 0.2) is 0 Å². The fraction of sp³-hybridized carbons (Fsp3) is 0.632. The first-order valence-corrected chi connectivity index (χ1v) is 8.55. The molecule has 1 fully saturated rings. The summed E-state index contributed by atoms with van der Waals surface area (Å²) in [5.41, 5.74) is 0.958. The highest BCUT2D eigenvalue weighted by molar-refractivity contribution is 5.77. The maximum absolute atomic E-state index is 12.6. The van der Waals surface area contributed by atoms with Crippen molar-refractivity contribution in [2.45, 2.75) is 46.1 Å². The Morgan fingerprint density at radius 2 is 1.96 bits per heavy atom. The molecule has 1 aromatic rings. The van der Waals surface area contributed by atoms with Gasteiger partial charge in [0.2, 0.25) is 5.91 Å². The molecule has 0 aliphatic carbocycles. The highest BCUT2D eigenvalue weighted by atomic mass is 16.5. The van der Waals surface area contributed by atoms with E-state index >= 15 is 0 Å². The summed E-state index contributed by atoms with van der Waals surface area (Å²) in [6, 6.07) is 7.88. The van der Waals surface area contributed by atoms with Gasteiger partial charge in [-0.15, -0.1) is 0 Å². The standard InChI is InChI=1S/C19H30N2O2/c1-19(2,3)18(15-7-5-6-8-16(15)23-4)21-17(22)13-14-9-11-20-12-10-14/h5-8,14,18,20H,9-13H2,1-4H3,(H,21,22)/t18-/m0/s1. The molecule has 128 valence electrons. The molecule has 2 rings (SSSR count). The molecule has 1 aromatic carbocycles. The minimum atomic E-state index is -0.0849. The monoisotopic (exact) mass is 318 g/mol. The van der Waals surface area contributed by atoms with Gasteiger partial charge in [-0.3, -0.25) is 4.79 Å². The van der Waals surface area contributed by atoms with Crippen LogP contribution in [0, 0.1) is 11.3 Å². The van der Waals surface area contributed by atoms with Crippen molar-refractivity contribution in [3.8, 4) is 5.75 Å². The number of methoxy groups -OCH3 is 1. The van der Waals surface area contributed by atoms with Gasteiger partial charge in [0.25, 0.3) is 0 Å². The van der Waals surface area contributed by atoms with Crippen LogP contribution >= 0.6 is 0 Å². The quantitative estimate of drug-likeness (QED) is 0.876. The molecule has 1 aliphatic heterocycles. The highest BCUT2D eigenvalue weighted by Crippen LogP contribution is 2.37. The van der Waals surface area contributed by atoms with E-state index in [4.69, 9.17) is 4.74 Å². The van der Waals surface area contributed by atoms with E-state index in [1.807, 2.05) is 24.3 Å². The topological polar surface area (TPSA) is 50.4 Å². The molecule has 0 radical (unpaired) electrons. The Labute approximate surface area is 140 Å². The van der Waals surface area contributed by atoms with E-state index in [-0.39, 0.29) is 17.4 Å². The predicted octanol–water partition coefficient (Wildman–Crippen LogP) is 3.29. The lowest BCUT2D eigenvalue weighted by molar-refractivity contribution is -0.123. The summed E-state index contributed by atoms with van der Waals surface area (Å²) >= 11 is 0. The number of hydrogen-bond acceptors (Lipinski definition) is 3. The third kappa shape index (κ3) is 4.96. The molecular formula is C19H30N2O2. The molecule has 1 amide bonds. The van der Waals surface area contributed by atoms with Crippen molar-refractivity contribution < 1.29 is 9.53 Å². The Bertz CT molecular complexity index is 516. The molecule has 4 heteroatoms. The largest absolute Gasteiger partial charge is 0.496 e. The van der Waals surface area contributed by atoms with Crippen molar-refractivity contribution >= 4 is 5.91 Å². The molecular weight excluding hydrogens is 288 g/mol. The van der Waals surface area contributed by atoms with Crippen LogP contribution in [0.15, 0.2) is 24.3 Å². The predicted molar refractivity (Wildman–Crippen MR) is 93.5 cm³/mol. The first-order chi connectivity index (χ1) is 10.9. The summed E-state index contributed by atoms with van der Waals surface area (Å²) in [5.74, 6) is 1.46. The number of hydrogen-bond donors (Lipinski definition) is 2. The molecule has 2 N–H and O–H groups in total. The Morgan fingerprint density at radius 3 is 2.57 bits per heavy atom. The number of nitrogens with one attached hydrogen (secondary N) is 2. The summed E-state index contributed by atoms with van der Waals surface area (Å²) in [4.78, 5) is 12.6. The number of rotatable bonds is 5. The zero-order chi connectivity index (χ0) is 16.9. The normalized spacial score (nSPS) is 17.6. The van der Waals surface area contributed by atoms with Crippen LogP contribution < -0.4 is 15.4 Å². The second-order valence-electron chi connectivity index (χ2n) is 7.51. The van der Waals surface area contributed by atoms with Crippen LogP contribution in [0.25, 0.3) is 0 Å². The summed E-state index contributed by atoms with van der Waals surface area (Å²) in [7, 11) is 1.68. The van der Waals surface area contributed by atoms with Crippen molar-refractivity contribution in [1.29, 1.82) is 0 Å². The van der Waals surface area contributed by atoms with Gasteiger partial charge in [0.05, 0.1) is 13.2 Å². The first kappa shape index (κ1) is 17.8. The van der Waals surface area contributed by atoms with Crippen LogP contribution in [0.5, 0.6) is 5.75 Å². The van der Waals surface area contributed by atoms with Crippen molar-refractivity contribution in [3.63, 3.8) is 0 Å². The molecule has 23 heavy (non-hydrogen) atoms. The van der Waals surface area contributed by atoms with Gasteiger partial charge in [-0.25, -0.2) is 0 Å². The summed E-state index contributed by atoms with van der Waals surface area (Å²) < 4.78 is 5.49. The Hall–Kier alpha value is -1.55. The Kier molecular flexibility index (Phi) is 6.05. The minimum Gasteiger partial charge on any atom is -0.496 e. The van der Waals surface area contributed by atoms with E-state index in [2.05, 4.69) is 31.4 Å². The smallest absolute Gasteiger partial charge is 0.220 e.